The van der Waals surface area contributed by atoms with E-state index in [1.165, 1.54) is 6.92 Å². The van der Waals surface area contributed by atoms with Crippen LogP contribution < -0.4 is 0 Å². The molecule has 0 aromatic carbocycles. The molecule has 0 heterocycles. The van der Waals surface area contributed by atoms with Crippen LogP contribution in [0.2, 0.25) is 0 Å². The number of halogens is 2. The number of hydrogen-bond acceptors (Lipinski definition) is 7. The van der Waals surface area contributed by atoms with Crippen LogP contribution in [0.1, 0.15) is 13.8 Å². The van der Waals surface area contributed by atoms with Crippen LogP contribution in [-0.2, 0) is 32.7 Å². The molecular formula is C8H15I2O8P. The van der Waals surface area contributed by atoms with Crippen LogP contribution >= 0.6 is 45.1 Å². The minimum atomic E-state index is -4.15. The largest absolute Gasteiger partial charge is 0.472 e. The third kappa shape index (κ3) is 14.7. The molecule has 0 fully saturated rings. The summed E-state index contributed by atoms with van der Waals surface area (Å²) in [6.45, 7) is 1.64. The van der Waals surface area contributed by atoms with Crippen LogP contribution in [0.5, 0.6) is 0 Å². The lowest BCUT2D eigenvalue weighted by molar-refractivity contribution is -0.158. The molecule has 0 rings (SSSR count). The van der Waals surface area contributed by atoms with E-state index in [4.69, 9.17) is 9.63 Å². The molecule has 0 spiro atoms. The van der Waals surface area contributed by atoms with E-state index in [2.05, 4.69) is 51.0 Å². The van der Waals surface area contributed by atoms with Crippen LogP contribution in [0.25, 0.3) is 0 Å². The summed E-state index contributed by atoms with van der Waals surface area (Å²) in [4.78, 5) is 30.2. The van der Waals surface area contributed by atoms with Gasteiger partial charge >= 0.3 is 19.8 Å². The lowest BCUT2D eigenvalue weighted by Crippen LogP contribution is -2.28. The minimum absolute atomic E-state index is 0.265. The van der Waals surface area contributed by atoms with Crippen molar-refractivity contribution in [2.24, 2.45) is 0 Å². The molecule has 0 bridgehead atoms. The van der Waals surface area contributed by atoms with Crippen LogP contribution in [-0.4, -0.2) is 43.3 Å². The highest BCUT2D eigenvalue weighted by Crippen LogP contribution is 2.41. The number of carbonyl (C=O) groups is 2. The van der Waals surface area contributed by atoms with Crippen LogP contribution in [0.4, 0.5) is 0 Å². The lowest BCUT2D eigenvalue weighted by Gasteiger charge is -2.17. The highest BCUT2D eigenvalue weighted by atomic mass is 128. The Bertz CT molecular complexity index is 324. The van der Waals surface area contributed by atoms with Gasteiger partial charge < -0.3 is 14.4 Å². The molecule has 114 valence electrons. The molecule has 8 nitrogen and oxygen atoms in total. The fourth-order valence-corrected chi connectivity index (χ4v) is 1.25. The Morgan fingerprint density at radius 3 is 2.11 bits per heavy atom. The molecule has 0 amide bonds. The van der Waals surface area contributed by atoms with Crippen molar-refractivity contribution in [1.82, 2.24) is 0 Å². The van der Waals surface area contributed by atoms with Gasteiger partial charge in [0.05, 0.1) is 6.61 Å². The van der Waals surface area contributed by atoms with Crippen molar-refractivity contribution in [3.8, 4) is 0 Å². The number of hydrogen-bond donors (Lipinski definition) is 1. The van der Waals surface area contributed by atoms with Gasteiger partial charge in [-0.05, 0) is 0 Å². The lowest BCUT2D eigenvalue weighted by atomic mass is 10.4. The molecule has 19 heavy (non-hydrogen) atoms. The first-order chi connectivity index (χ1) is 8.76. The van der Waals surface area contributed by atoms with Crippen molar-refractivity contribution in [1.29, 1.82) is 0 Å². The number of carbonyl (C=O) groups excluding carboxylic acids is 2. The topological polar surface area (TPSA) is 108 Å². The second-order valence-electron chi connectivity index (χ2n) is 2.98. The number of rotatable bonds is 7. The van der Waals surface area contributed by atoms with Gasteiger partial charge in [0.1, 0.15) is 6.61 Å². The van der Waals surface area contributed by atoms with E-state index < -0.39 is 32.5 Å². The van der Waals surface area contributed by atoms with Gasteiger partial charge in [0, 0.05) is 58.2 Å². The molecule has 1 N–H and O–H groups in total. The first-order valence-electron chi connectivity index (χ1n) is 4.74. The van der Waals surface area contributed by atoms with E-state index in [0.717, 1.165) is 14.0 Å². The van der Waals surface area contributed by atoms with Crippen LogP contribution in [0.3, 0.4) is 0 Å². The van der Waals surface area contributed by atoms with Gasteiger partial charge in [0.25, 0.3) is 0 Å². The Labute approximate surface area is 134 Å². The highest BCUT2D eigenvalue weighted by Gasteiger charge is 2.23. The zero-order chi connectivity index (χ0) is 15.5. The Morgan fingerprint density at radius 1 is 1.21 bits per heavy atom. The van der Waals surface area contributed by atoms with E-state index in [-0.39, 0.29) is 6.61 Å². The van der Waals surface area contributed by atoms with Crippen molar-refractivity contribution in [3.05, 3.63) is 0 Å². The summed E-state index contributed by atoms with van der Waals surface area (Å²) < 4.78 is 28.9. The molecule has 0 aliphatic carbocycles. The second-order valence-corrected chi connectivity index (χ2v) is 4.54. The molecular weight excluding hydrogens is 509 g/mol. The Hall–Kier alpha value is 0.510. The molecule has 0 aromatic rings. The maximum absolute atomic E-state index is 11.0. The fraction of sp³-hybridized carbons (Fsp3) is 0.750. The first kappa shape index (κ1) is 21.8. The normalized spacial score (nSPS) is 14.4. The Kier molecular flexibility index (Phi) is 14.1. The maximum Gasteiger partial charge on any atom is 0.472 e. The van der Waals surface area contributed by atoms with Crippen molar-refractivity contribution in [2.75, 3.05) is 20.3 Å². The standard InChI is InChI=1S/C8H15O8P.I2/c1-6(9)14-4-8(16-7(2)10)5-15-17(11,12)13-3;1-2/h8H,4-5H2,1-3H3,(H,11,12);. The summed E-state index contributed by atoms with van der Waals surface area (Å²) in [6.07, 6.45) is -0.966. The van der Waals surface area contributed by atoms with E-state index in [1.54, 1.807) is 0 Å². The molecule has 0 radical (unpaired) electrons. The van der Waals surface area contributed by atoms with Gasteiger partial charge in [-0.15, -0.1) is 0 Å². The molecule has 2 unspecified atom stereocenters. The van der Waals surface area contributed by atoms with E-state index >= 15 is 0 Å². The van der Waals surface area contributed by atoms with Crippen molar-refractivity contribution >= 4 is 57.0 Å². The van der Waals surface area contributed by atoms with Gasteiger partial charge in [0.15, 0.2) is 6.10 Å². The third-order valence-electron chi connectivity index (χ3n) is 1.46. The van der Waals surface area contributed by atoms with Crippen molar-refractivity contribution in [3.63, 3.8) is 0 Å². The molecule has 0 aliphatic rings. The summed E-state index contributed by atoms with van der Waals surface area (Å²) in [6, 6.07) is 0. The molecule has 0 saturated heterocycles. The number of phosphoric ester groups is 1. The summed E-state index contributed by atoms with van der Waals surface area (Å²) in [5, 5.41) is 0. The zero-order valence-electron chi connectivity index (χ0n) is 10.5. The average molecular weight is 524 g/mol. The van der Waals surface area contributed by atoms with Gasteiger partial charge in [-0.3, -0.25) is 18.6 Å². The number of ether oxygens (including phenoxy) is 2. The van der Waals surface area contributed by atoms with Crippen LogP contribution in [0.15, 0.2) is 0 Å². The van der Waals surface area contributed by atoms with Gasteiger partial charge in [-0.2, -0.15) is 0 Å². The summed E-state index contributed by atoms with van der Waals surface area (Å²) in [5.41, 5.74) is 0. The van der Waals surface area contributed by atoms with Gasteiger partial charge in [-0.25, -0.2) is 4.57 Å². The predicted molar refractivity (Wildman–Crippen MR) is 83.0 cm³/mol. The summed E-state index contributed by atoms with van der Waals surface area (Å²) in [5.74, 6) is -1.20. The monoisotopic (exact) mass is 524 g/mol. The van der Waals surface area contributed by atoms with E-state index in [0.29, 0.717) is 0 Å². The fourth-order valence-electron chi connectivity index (χ4n) is 0.791. The van der Waals surface area contributed by atoms with E-state index in [1.807, 2.05) is 0 Å². The highest BCUT2D eigenvalue weighted by molar-refractivity contribution is 15.0. The van der Waals surface area contributed by atoms with E-state index in [9.17, 15) is 14.2 Å². The van der Waals surface area contributed by atoms with Gasteiger partial charge in [0.2, 0.25) is 0 Å². The molecule has 11 heteroatoms. The molecule has 0 aliphatic heterocycles. The average Bonchev–Trinajstić information content (AvgIpc) is 2.34. The van der Waals surface area contributed by atoms with Crippen molar-refractivity contribution < 1.29 is 37.6 Å². The second kappa shape index (κ2) is 12.3. The smallest absolute Gasteiger partial charge is 0.462 e. The zero-order valence-corrected chi connectivity index (χ0v) is 15.7. The quantitative estimate of drug-likeness (QED) is 0.307. The molecule has 2 atom stereocenters. The molecule has 0 saturated carbocycles. The minimum Gasteiger partial charge on any atom is -0.462 e. The Morgan fingerprint density at radius 2 is 1.74 bits per heavy atom. The molecule has 0 aromatic heterocycles. The Balaban J connectivity index is 0. The SMILES string of the molecule is COP(=O)(O)OCC(COC(C)=O)OC(C)=O.II. The van der Waals surface area contributed by atoms with Crippen molar-refractivity contribution in [2.45, 2.75) is 20.0 Å². The van der Waals surface area contributed by atoms with Crippen LogP contribution in [0, 0.1) is 0 Å². The number of phosphoric acid groups is 1. The maximum atomic E-state index is 11.0. The number of esters is 2. The predicted octanol–water partition coefficient (Wildman–Crippen LogP) is 2.02. The summed E-state index contributed by atoms with van der Waals surface area (Å²) >= 11 is 4.24. The summed E-state index contributed by atoms with van der Waals surface area (Å²) in [7, 11) is -3.16. The van der Waals surface area contributed by atoms with Gasteiger partial charge in [-0.1, -0.05) is 0 Å². The third-order valence-corrected chi connectivity index (χ3v) is 2.40. The first-order valence-corrected chi connectivity index (χ1v) is 12.5.